The average molecular weight is 523 g/mol. The van der Waals surface area contributed by atoms with Crippen molar-refractivity contribution in [2.45, 2.75) is 89.6 Å². The van der Waals surface area contributed by atoms with Crippen LogP contribution in [0.25, 0.3) is 11.1 Å². The largest absolute Gasteiger partial charge is 0.449 e. The third-order valence-corrected chi connectivity index (χ3v) is 9.39. The van der Waals surface area contributed by atoms with Gasteiger partial charge in [-0.05, 0) is 56.4 Å². The van der Waals surface area contributed by atoms with E-state index in [4.69, 9.17) is 14.1 Å². The number of rotatable bonds is 3. The minimum atomic E-state index is -0.534. The van der Waals surface area contributed by atoms with Crippen molar-refractivity contribution >= 4 is 22.9 Å². The standard InChI is InChI=1S/C30H42N4O4/c1-28(2,3)20-13-21(19-15-30(16-19)7-6-8-30)32-22-14-24(38-25(20)22)27(36)34-11-10-33(18-29(34,4)5)26(35)23-17-37-12-9-31-23/h13-14,19,23,31H,6-12,15-18H2,1-5H3/t23-/m0/s1. The Bertz CT molecular complexity index is 1240. The number of carbonyl (C=O) groups excluding carboxylic acids is 2. The monoisotopic (exact) mass is 522 g/mol. The van der Waals surface area contributed by atoms with Gasteiger partial charge in [0, 0.05) is 49.4 Å². The van der Waals surface area contributed by atoms with E-state index in [0.29, 0.717) is 56.5 Å². The SMILES string of the molecule is CC(C)(C)c1cc(C2CC3(CCC3)C2)nc2cc(C(=O)N3CCN(C(=O)[C@@H]4COCCN4)CC3(C)C)oc12. The Morgan fingerprint density at radius 1 is 1.13 bits per heavy atom. The predicted molar refractivity (Wildman–Crippen MR) is 145 cm³/mol. The summed E-state index contributed by atoms with van der Waals surface area (Å²) in [5, 5.41) is 3.25. The first kappa shape index (κ1) is 25.8. The van der Waals surface area contributed by atoms with Gasteiger partial charge in [0.05, 0.1) is 18.8 Å². The summed E-state index contributed by atoms with van der Waals surface area (Å²) in [4.78, 5) is 35.6. The Hall–Kier alpha value is -2.45. The molecular weight excluding hydrogens is 480 g/mol. The number of amides is 2. The molecule has 2 aromatic rings. The van der Waals surface area contributed by atoms with Gasteiger partial charge in [0.25, 0.3) is 5.91 Å². The number of morpholine rings is 1. The third-order valence-electron chi connectivity index (χ3n) is 9.39. The van der Waals surface area contributed by atoms with Gasteiger partial charge in [0.2, 0.25) is 5.91 Å². The van der Waals surface area contributed by atoms with Gasteiger partial charge >= 0.3 is 0 Å². The summed E-state index contributed by atoms with van der Waals surface area (Å²) in [7, 11) is 0. The van der Waals surface area contributed by atoms with E-state index in [-0.39, 0.29) is 23.3 Å². The van der Waals surface area contributed by atoms with Crippen molar-refractivity contribution in [3.63, 3.8) is 0 Å². The van der Waals surface area contributed by atoms with Crippen molar-refractivity contribution in [1.29, 1.82) is 0 Å². The second-order valence-electron chi connectivity index (χ2n) is 13.7. The van der Waals surface area contributed by atoms with E-state index < -0.39 is 5.54 Å². The van der Waals surface area contributed by atoms with Crippen LogP contribution >= 0.6 is 0 Å². The van der Waals surface area contributed by atoms with Crippen molar-refractivity contribution in [1.82, 2.24) is 20.1 Å². The highest BCUT2D eigenvalue weighted by Gasteiger charge is 2.49. The lowest BCUT2D eigenvalue weighted by molar-refractivity contribution is -0.140. The highest BCUT2D eigenvalue weighted by atomic mass is 16.5. The van der Waals surface area contributed by atoms with Crippen LogP contribution in [0.4, 0.5) is 0 Å². The summed E-state index contributed by atoms with van der Waals surface area (Å²) >= 11 is 0. The maximum absolute atomic E-state index is 13.8. The molecule has 0 aromatic carbocycles. The van der Waals surface area contributed by atoms with Crippen LogP contribution in [-0.2, 0) is 14.9 Å². The Morgan fingerprint density at radius 3 is 2.50 bits per heavy atom. The molecule has 6 rings (SSSR count). The quantitative estimate of drug-likeness (QED) is 0.649. The first-order chi connectivity index (χ1) is 18.0. The van der Waals surface area contributed by atoms with Gasteiger partial charge in [-0.2, -0.15) is 0 Å². The number of pyridine rings is 1. The number of aromatic nitrogens is 1. The number of hydrogen-bond acceptors (Lipinski definition) is 6. The van der Waals surface area contributed by atoms with E-state index in [1.54, 1.807) is 0 Å². The number of ether oxygens (including phenoxy) is 1. The second-order valence-corrected chi connectivity index (χ2v) is 13.7. The topological polar surface area (TPSA) is 87.9 Å². The van der Waals surface area contributed by atoms with Crippen LogP contribution in [0.1, 0.15) is 94.5 Å². The highest BCUT2D eigenvalue weighted by Crippen LogP contribution is 2.61. The van der Waals surface area contributed by atoms with Crippen LogP contribution in [0.5, 0.6) is 0 Å². The molecule has 2 aromatic heterocycles. The Kier molecular flexibility index (Phi) is 6.15. The second kappa shape index (κ2) is 9.05. The van der Waals surface area contributed by atoms with Gasteiger partial charge in [-0.25, -0.2) is 4.98 Å². The molecule has 1 spiro atoms. The normalized spacial score (nSPS) is 25.3. The number of hydrogen-bond donors (Lipinski definition) is 1. The van der Waals surface area contributed by atoms with E-state index in [1.165, 1.54) is 32.1 Å². The number of nitrogens with one attached hydrogen (secondary N) is 1. The number of piperazine rings is 1. The van der Waals surface area contributed by atoms with E-state index in [9.17, 15) is 9.59 Å². The van der Waals surface area contributed by atoms with E-state index >= 15 is 0 Å². The third kappa shape index (κ3) is 4.43. The fourth-order valence-electron chi connectivity index (χ4n) is 6.99. The molecule has 1 N–H and O–H groups in total. The lowest BCUT2D eigenvalue weighted by Crippen LogP contribution is -2.64. The number of carbonyl (C=O) groups is 2. The van der Waals surface area contributed by atoms with Crippen LogP contribution < -0.4 is 5.32 Å². The lowest BCUT2D eigenvalue weighted by Gasteiger charge is -2.54. The van der Waals surface area contributed by atoms with E-state index in [0.717, 1.165) is 22.4 Å². The van der Waals surface area contributed by atoms with Gasteiger partial charge in [-0.15, -0.1) is 0 Å². The molecular formula is C30H42N4O4. The van der Waals surface area contributed by atoms with Crippen LogP contribution in [0.2, 0.25) is 0 Å². The van der Waals surface area contributed by atoms with Crippen LogP contribution in [0.3, 0.4) is 0 Å². The number of nitrogens with zero attached hydrogens (tertiary/aromatic N) is 3. The maximum Gasteiger partial charge on any atom is 0.290 e. The molecule has 2 saturated heterocycles. The molecule has 8 heteroatoms. The Morgan fingerprint density at radius 2 is 1.89 bits per heavy atom. The average Bonchev–Trinajstić information content (AvgIpc) is 3.24. The molecule has 0 radical (unpaired) electrons. The summed E-state index contributed by atoms with van der Waals surface area (Å²) < 4.78 is 11.8. The Labute approximate surface area is 225 Å². The van der Waals surface area contributed by atoms with Gasteiger partial charge in [0.15, 0.2) is 11.3 Å². The zero-order chi connectivity index (χ0) is 26.9. The predicted octanol–water partition coefficient (Wildman–Crippen LogP) is 4.22. The van der Waals surface area contributed by atoms with Crippen molar-refractivity contribution in [3.8, 4) is 0 Å². The van der Waals surface area contributed by atoms with E-state index in [2.05, 4.69) is 32.2 Å². The molecule has 2 aliphatic carbocycles. The molecule has 4 aliphatic rings. The fourth-order valence-corrected chi connectivity index (χ4v) is 6.99. The molecule has 38 heavy (non-hydrogen) atoms. The molecule has 2 saturated carbocycles. The van der Waals surface area contributed by atoms with Gasteiger partial charge in [-0.3, -0.25) is 9.59 Å². The molecule has 2 amide bonds. The Balaban J connectivity index is 1.24. The lowest BCUT2D eigenvalue weighted by atomic mass is 9.51. The first-order valence-electron chi connectivity index (χ1n) is 14.3. The summed E-state index contributed by atoms with van der Waals surface area (Å²) in [5.74, 6) is 0.732. The van der Waals surface area contributed by atoms with Gasteiger partial charge < -0.3 is 24.3 Å². The van der Waals surface area contributed by atoms with E-state index in [1.807, 2.05) is 29.7 Å². The van der Waals surface area contributed by atoms with Crippen molar-refractivity contribution in [2.75, 3.05) is 39.4 Å². The minimum Gasteiger partial charge on any atom is -0.449 e. The maximum atomic E-state index is 13.8. The first-order valence-corrected chi connectivity index (χ1v) is 14.3. The summed E-state index contributed by atoms with van der Waals surface area (Å²) in [6, 6.07) is 3.75. The molecule has 4 fully saturated rings. The molecule has 4 heterocycles. The van der Waals surface area contributed by atoms with Gasteiger partial charge in [0.1, 0.15) is 11.6 Å². The molecule has 8 nitrogen and oxygen atoms in total. The van der Waals surface area contributed by atoms with Crippen LogP contribution in [0, 0.1) is 5.41 Å². The van der Waals surface area contributed by atoms with Crippen molar-refractivity contribution < 1.29 is 18.7 Å². The molecule has 0 unspecified atom stereocenters. The smallest absolute Gasteiger partial charge is 0.290 e. The van der Waals surface area contributed by atoms with Crippen molar-refractivity contribution in [2.24, 2.45) is 5.41 Å². The summed E-state index contributed by atoms with van der Waals surface area (Å²) in [5.41, 5.74) is 3.67. The van der Waals surface area contributed by atoms with Crippen LogP contribution in [0.15, 0.2) is 16.5 Å². The highest BCUT2D eigenvalue weighted by molar-refractivity contribution is 5.96. The zero-order valence-corrected chi connectivity index (χ0v) is 23.6. The van der Waals surface area contributed by atoms with Crippen LogP contribution in [-0.4, -0.2) is 77.6 Å². The minimum absolute atomic E-state index is 0.0415. The fraction of sp³-hybridized carbons (Fsp3) is 0.700. The number of furan rings is 1. The summed E-state index contributed by atoms with van der Waals surface area (Å²) in [6.45, 7) is 13.7. The molecule has 0 bridgehead atoms. The number of fused-ring (bicyclic) bond motifs is 1. The molecule has 1 atom stereocenters. The summed E-state index contributed by atoms with van der Waals surface area (Å²) in [6.07, 6.45) is 6.56. The zero-order valence-electron chi connectivity index (χ0n) is 23.6. The molecule has 2 aliphatic heterocycles. The van der Waals surface area contributed by atoms with Crippen molar-refractivity contribution in [3.05, 3.63) is 29.2 Å². The van der Waals surface area contributed by atoms with Gasteiger partial charge in [-0.1, -0.05) is 27.2 Å². The molecule has 206 valence electrons.